The molecule has 122 valence electrons. The summed E-state index contributed by atoms with van der Waals surface area (Å²) in [7, 11) is 0. The fourth-order valence-corrected chi connectivity index (χ4v) is 2.14. The molecule has 0 aliphatic carbocycles. The highest BCUT2D eigenvalue weighted by atomic mass is 16.6. The maximum absolute atomic E-state index is 11.6. The van der Waals surface area contributed by atoms with E-state index in [0.29, 0.717) is 6.42 Å². The number of carbonyl (C=O) groups excluding carboxylic acids is 1. The summed E-state index contributed by atoms with van der Waals surface area (Å²) in [5.74, 6) is -1.96. The van der Waals surface area contributed by atoms with Gasteiger partial charge in [0.25, 0.3) is 0 Å². The Labute approximate surface area is 125 Å². The van der Waals surface area contributed by atoms with E-state index in [0.717, 1.165) is 0 Å². The molecule has 1 fully saturated rings. The fraction of sp³-hybridized carbons (Fsp3) is 0.867. The van der Waals surface area contributed by atoms with Gasteiger partial charge in [-0.05, 0) is 11.8 Å². The lowest BCUT2D eigenvalue weighted by Crippen LogP contribution is -2.29. The van der Waals surface area contributed by atoms with Crippen LogP contribution in [0, 0.1) is 11.3 Å². The molecule has 1 rings (SSSR count). The normalized spacial score (nSPS) is 27.4. The van der Waals surface area contributed by atoms with E-state index >= 15 is 0 Å². The first-order chi connectivity index (χ1) is 9.61. The van der Waals surface area contributed by atoms with Gasteiger partial charge in [-0.15, -0.1) is 0 Å². The highest BCUT2D eigenvalue weighted by Crippen LogP contribution is 2.33. The topological polar surface area (TPSA) is 93.1 Å². The molecule has 4 atom stereocenters. The van der Waals surface area contributed by atoms with Gasteiger partial charge in [0, 0.05) is 12.8 Å². The predicted octanol–water partition coefficient (Wildman–Crippen LogP) is 1.60. The van der Waals surface area contributed by atoms with E-state index in [9.17, 15) is 14.7 Å². The van der Waals surface area contributed by atoms with Gasteiger partial charge in [0.15, 0.2) is 0 Å². The molecule has 0 aromatic carbocycles. The number of hydrogen-bond acceptors (Lipinski definition) is 5. The summed E-state index contributed by atoms with van der Waals surface area (Å²) in [6.07, 6.45) is -0.383. The van der Waals surface area contributed by atoms with Crippen molar-refractivity contribution < 1.29 is 29.3 Å². The molecule has 21 heavy (non-hydrogen) atoms. The van der Waals surface area contributed by atoms with Crippen molar-refractivity contribution >= 4 is 11.9 Å². The van der Waals surface area contributed by atoms with Crippen LogP contribution in [-0.2, 0) is 19.1 Å². The zero-order valence-corrected chi connectivity index (χ0v) is 13.2. The average molecular weight is 302 g/mol. The number of hydrogen-bond donors (Lipinski definition) is 2. The summed E-state index contributed by atoms with van der Waals surface area (Å²) < 4.78 is 10.8. The third-order valence-electron chi connectivity index (χ3n) is 3.80. The molecule has 4 unspecified atom stereocenters. The molecule has 1 saturated heterocycles. The number of aliphatic hydroxyl groups excluding tert-OH is 1. The van der Waals surface area contributed by atoms with Gasteiger partial charge < -0.3 is 19.7 Å². The molecule has 0 saturated carbocycles. The summed E-state index contributed by atoms with van der Waals surface area (Å²) >= 11 is 0. The second kappa shape index (κ2) is 7.22. The lowest BCUT2D eigenvalue weighted by Gasteiger charge is -2.26. The zero-order chi connectivity index (χ0) is 16.2. The Kier molecular flexibility index (Phi) is 6.16. The van der Waals surface area contributed by atoms with Crippen LogP contribution in [0.4, 0.5) is 0 Å². The summed E-state index contributed by atoms with van der Waals surface area (Å²) in [4.78, 5) is 22.2. The number of rotatable bonds is 6. The van der Waals surface area contributed by atoms with E-state index in [4.69, 9.17) is 14.6 Å². The van der Waals surface area contributed by atoms with Crippen molar-refractivity contribution in [3.8, 4) is 0 Å². The largest absolute Gasteiger partial charge is 0.481 e. The van der Waals surface area contributed by atoms with Gasteiger partial charge >= 0.3 is 11.9 Å². The first kappa shape index (κ1) is 17.9. The molecular formula is C15H26O6. The third kappa shape index (κ3) is 5.63. The smallest absolute Gasteiger partial charge is 0.306 e. The Morgan fingerprint density at radius 1 is 1.38 bits per heavy atom. The van der Waals surface area contributed by atoms with Crippen molar-refractivity contribution in [1.82, 2.24) is 0 Å². The third-order valence-corrected chi connectivity index (χ3v) is 3.80. The summed E-state index contributed by atoms with van der Waals surface area (Å²) in [6, 6.07) is 0. The van der Waals surface area contributed by atoms with Gasteiger partial charge in [0.2, 0.25) is 0 Å². The molecule has 1 aliphatic rings. The van der Waals surface area contributed by atoms with Crippen molar-refractivity contribution in [3.05, 3.63) is 0 Å². The van der Waals surface area contributed by atoms with Crippen LogP contribution in [0.25, 0.3) is 0 Å². The van der Waals surface area contributed by atoms with Gasteiger partial charge in [-0.3, -0.25) is 9.59 Å². The molecule has 0 amide bonds. The zero-order valence-electron chi connectivity index (χ0n) is 13.2. The van der Waals surface area contributed by atoms with Crippen molar-refractivity contribution in [1.29, 1.82) is 0 Å². The molecule has 0 bridgehead atoms. The van der Waals surface area contributed by atoms with Crippen molar-refractivity contribution in [2.24, 2.45) is 11.3 Å². The Morgan fingerprint density at radius 2 is 2.00 bits per heavy atom. The van der Waals surface area contributed by atoms with Crippen LogP contribution in [0.1, 0.15) is 47.0 Å². The fourth-order valence-electron chi connectivity index (χ4n) is 2.14. The highest BCUT2D eigenvalue weighted by Gasteiger charge is 2.40. The molecule has 2 N–H and O–H groups in total. The van der Waals surface area contributed by atoms with Crippen LogP contribution < -0.4 is 0 Å². The van der Waals surface area contributed by atoms with Crippen LogP contribution in [0.5, 0.6) is 0 Å². The maximum Gasteiger partial charge on any atom is 0.306 e. The summed E-state index contributed by atoms with van der Waals surface area (Å²) in [5, 5.41) is 18.7. The molecular weight excluding hydrogens is 276 g/mol. The number of carboxylic acids is 1. The standard InChI is InChI=1S/C15H26O6/c1-9(14(18)19)5-6-13(17)20-8-11-10(16)7-12(21-11)15(2,3)4/h9-12,16H,5-8H2,1-4H3,(H,18,19). The van der Waals surface area contributed by atoms with Gasteiger partial charge in [0.1, 0.15) is 12.7 Å². The minimum Gasteiger partial charge on any atom is -0.481 e. The predicted molar refractivity (Wildman–Crippen MR) is 75.7 cm³/mol. The van der Waals surface area contributed by atoms with E-state index in [-0.39, 0.29) is 31.0 Å². The first-order valence-corrected chi connectivity index (χ1v) is 7.33. The van der Waals surface area contributed by atoms with Crippen LogP contribution in [0.3, 0.4) is 0 Å². The van der Waals surface area contributed by atoms with Crippen molar-refractivity contribution in [3.63, 3.8) is 0 Å². The number of esters is 1. The quantitative estimate of drug-likeness (QED) is 0.724. The molecule has 1 aliphatic heterocycles. The Morgan fingerprint density at radius 3 is 2.48 bits per heavy atom. The minimum atomic E-state index is -0.926. The average Bonchev–Trinajstić information content (AvgIpc) is 2.74. The van der Waals surface area contributed by atoms with Crippen molar-refractivity contribution in [2.45, 2.75) is 65.3 Å². The van der Waals surface area contributed by atoms with Crippen molar-refractivity contribution in [2.75, 3.05) is 6.61 Å². The SMILES string of the molecule is CC(CCC(=O)OCC1OC(C(C)(C)C)CC1O)C(=O)O. The van der Waals surface area contributed by atoms with Gasteiger partial charge in [-0.25, -0.2) is 0 Å². The first-order valence-electron chi connectivity index (χ1n) is 7.33. The van der Waals surface area contributed by atoms with E-state index in [1.54, 1.807) is 6.92 Å². The lowest BCUT2D eigenvalue weighted by molar-refractivity contribution is -0.151. The molecule has 6 heteroatoms. The molecule has 1 heterocycles. The monoisotopic (exact) mass is 302 g/mol. The highest BCUT2D eigenvalue weighted by molar-refractivity contribution is 5.72. The van der Waals surface area contributed by atoms with Gasteiger partial charge in [-0.2, -0.15) is 0 Å². The number of aliphatic carboxylic acids is 1. The van der Waals surface area contributed by atoms with E-state index in [1.807, 2.05) is 20.8 Å². The Bertz CT molecular complexity index is 373. The molecule has 6 nitrogen and oxygen atoms in total. The summed E-state index contributed by atoms with van der Waals surface area (Å²) in [6.45, 7) is 7.66. The molecule has 0 aromatic heterocycles. The van der Waals surface area contributed by atoms with Crippen LogP contribution in [-0.4, -0.2) is 47.1 Å². The summed E-state index contributed by atoms with van der Waals surface area (Å²) in [5.41, 5.74) is -0.0728. The van der Waals surface area contributed by atoms with Crippen LogP contribution in [0.15, 0.2) is 0 Å². The molecule has 0 radical (unpaired) electrons. The second-order valence-electron chi connectivity index (χ2n) is 6.79. The number of aliphatic hydroxyl groups is 1. The van der Waals surface area contributed by atoms with E-state index < -0.39 is 30.1 Å². The van der Waals surface area contributed by atoms with Gasteiger partial charge in [0.05, 0.1) is 18.1 Å². The minimum absolute atomic E-state index is 0.00797. The van der Waals surface area contributed by atoms with Crippen LogP contribution >= 0.6 is 0 Å². The Hall–Kier alpha value is -1.14. The lowest BCUT2D eigenvalue weighted by atomic mass is 9.87. The molecule has 0 spiro atoms. The number of carboxylic acid groups (broad SMARTS) is 1. The van der Waals surface area contributed by atoms with E-state index in [1.165, 1.54) is 0 Å². The molecule has 0 aromatic rings. The Balaban J connectivity index is 2.32. The van der Waals surface area contributed by atoms with Gasteiger partial charge in [-0.1, -0.05) is 27.7 Å². The number of carbonyl (C=O) groups is 2. The second-order valence-corrected chi connectivity index (χ2v) is 6.79. The van der Waals surface area contributed by atoms with E-state index in [2.05, 4.69) is 0 Å². The maximum atomic E-state index is 11.6. The number of ether oxygens (including phenoxy) is 2. The van der Waals surface area contributed by atoms with Crippen LogP contribution in [0.2, 0.25) is 0 Å².